The molecule has 2 N–H and O–H groups in total. The maximum absolute atomic E-state index is 12.2. The summed E-state index contributed by atoms with van der Waals surface area (Å²) in [5, 5.41) is 14.5. The molecule has 26 heavy (non-hydrogen) atoms. The zero-order valence-electron chi connectivity index (χ0n) is 14.9. The lowest BCUT2D eigenvalue weighted by Crippen LogP contribution is -2.20. The van der Waals surface area contributed by atoms with E-state index in [1.54, 1.807) is 12.1 Å². The number of halogens is 1. The van der Waals surface area contributed by atoms with Crippen molar-refractivity contribution >= 4 is 40.4 Å². The highest BCUT2D eigenvalue weighted by Gasteiger charge is 2.14. The molecule has 0 heterocycles. The summed E-state index contributed by atoms with van der Waals surface area (Å²) in [6.07, 6.45) is 1.31. The lowest BCUT2D eigenvalue weighted by molar-refractivity contribution is -0.118. The second kappa shape index (κ2) is 9.42. The molecule has 138 valence electrons. The molecule has 0 atom stereocenters. The van der Waals surface area contributed by atoms with Crippen LogP contribution in [0.25, 0.3) is 0 Å². The van der Waals surface area contributed by atoms with E-state index < -0.39 is 0 Å². The first kappa shape index (κ1) is 20.0. The third-order valence-electron chi connectivity index (χ3n) is 3.68. The van der Waals surface area contributed by atoms with Gasteiger partial charge in [-0.25, -0.2) is 0 Å². The van der Waals surface area contributed by atoms with Crippen LogP contribution in [0, 0.1) is 17.4 Å². The number of hydrogen-bond acceptors (Lipinski definition) is 5. The van der Waals surface area contributed by atoms with Crippen molar-refractivity contribution in [1.29, 1.82) is 0 Å². The standard InChI is InChI=1S/C19H21IN2O4/c1-4-25-17-9-14(10-21-24)8-16(20)19(17)26-11-18(23)22-15-6-5-12(2)13(3)7-15/h5-10,24H,4,11H2,1-3H3,(H,22,23)/b21-10+. The number of carbonyl (C=O) groups is 1. The van der Waals surface area contributed by atoms with Crippen LogP contribution < -0.4 is 14.8 Å². The fourth-order valence-corrected chi connectivity index (χ4v) is 3.07. The normalized spacial score (nSPS) is 10.8. The lowest BCUT2D eigenvalue weighted by atomic mass is 10.1. The summed E-state index contributed by atoms with van der Waals surface area (Å²) in [7, 11) is 0. The zero-order valence-corrected chi connectivity index (χ0v) is 17.0. The van der Waals surface area contributed by atoms with Crippen LogP contribution in [-0.2, 0) is 4.79 Å². The van der Waals surface area contributed by atoms with E-state index in [0.717, 1.165) is 14.8 Å². The van der Waals surface area contributed by atoms with E-state index in [2.05, 4.69) is 33.1 Å². The van der Waals surface area contributed by atoms with Crippen LogP contribution in [0.2, 0.25) is 0 Å². The summed E-state index contributed by atoms with van der Waals surface area (Å²) < 4.78 is 12.0. The minimum Gasteiger partial charge on any atom is -0.490 e. The highest BCUT2D eigenvalue weighted by molar-refractivity contribution is 14.1. The average Bonchev–Trinajstić information content (AvgIpc) is 2.58. The van der Waals surface area contributed by atoms with Crippen LogP contribution in [0.5, 0.6) is 11.5 Å². The monoisotopic (exact) mass is 468 g/mol. The van der Waals surface area contributed by atoms with Crippen molar-refractivity contribution in [1.82, 2.24) is 0 Å². The molecule has 0 radical (unpaired) electrons. The van der Waals surface area contributed by atoms with Crippen molar-refractivity contribution in [2.75, 3.05) is 18.5 Å². The van der Waals surface area contributed by atoms with Crippen molar-refractivity contribution in [2.45, 2.75) is 20.8 Å². The Balaban J connectivity index is 2.09. The van der Waals surface area contributed by atoms with Gasteiger partial charge in [0.1, 0.15) is 0 Å². The Morgan fingerprint density at radius 3 is 2.65 bits per heavy atom. The first-order valence-corrected chi connectivity index (χ1v) is 9.16. The molecular weight excluding hydrogens is 447 g/mol. The van der Waals surface area contributed by atoms with Crippen molar-refractivity contribution < 1.29 is 19.5 Å². The number of nitrogens with one attached hydrogen (secondary N) is 1. The quantitative estimate of drug-likeness (QED) is 0.277. The number of hydrogen-bond donors (Lipinski definition) is 2. The number of nitrogens with zero attached hydrogens (tertiary/aromatic N) is 1. The van der Waals surface area contributed by atoms with E-state index in [1.807, 2.05) is 39.0 Å². The molecule has 0 unspecified atom stereocenters. The van der Waals surface area contributed by atoms with Crippen molar-refractivity contribution in [3.05, 3.63) is 50.6 Å². The Morgan fingerprint density at radius 1 is 1.23 bits per heavy atom. The molecule has 6 nitrogen and oxygen atoms in total. The SMILES string of the molecule is CCOc1cc(/C=N/O)cc(I)c1OCC(=O)Nc1ccc(C)c(C)c1. The van der Waals surface area contributed by atoms with Crippen LogP contribution in [-0.4, -0.2) is 30.5 Å². The molecule has 2 aromatic rings. The smallest absolute Gasteiger partial charge is 0.262 e. The predicted octanol–water partition coefficient (Wildman–Crippen LogP) is 4.13. The van der Waals surface area contributed by atoms with Gasteiger partial charge in [0.25, 0.3) is 5.91 Å². The number of aryl methyl sites for hydroxylation is 2. The van der Waals surface area contributed by atoms with Gasteiger partial charge in [0.05, 0.1) is 16.4 Å². The molecule has 0 bridgehead atoms. The van der Waals surface area contributed by atoms with Gasteiger partial charge in [-0.15, -0.1) is 0 Å². The Morgan fingerprint density at radius 2 is 2.00 bits per heavy atom. The molecule has 0 aromatic heterocycles. The van der Waals surface area contributed by atoms with E-state index in [1.165, 1.54) is 11.8 Å². The number of ether oxygens (including phenoxy) is 2. The lowest BCUT2D eigenvalue weighted by Gasteiger charge is -2.14. The van der Waals surface area contributed by atoms with Gasteiger partial charge in [-0.05, 0) is 78.8 Å². The Bertz CT molecular complexity index is 821. The fourth-order valence-electron chi connectivity index (χ4n) is 2.29. The number of oxime groups is 1. The van der Waals surface area contributed by atoms with Gasteiger partial charge in [0, 0.05) is 11.3 Å². The molecule has 7 heteroatoms. The summed E-state index contributed by atoms with van der Waals surface area (Å²) in [5.74, 6) is 0.721. The molecule has 0 aliphatic rings. The minimum absolute atomic E-state index is 0.142. The Kier molecular flexibility index (Phi) is 7.26. The molecular formula is C19H21IN2O4. The van der Waals surface area contributed by atoms with Gasteiger partial charge in [-0.1, -0.05) is 11.2 Å². The van der Waals surface area contributed by atoms with Crippen LogP contribution in [0.15, 0.2) is 35.5 Å². The number of rotatable bonds is 7. The summed E-state index contributed by atoms with van der Waals surface area (Å²) in [5.41, 5.74) is 3.68. The molecule has 1 amide bonds. The summed E-state index contributed by atoms with van der Waals surface area (Å²) in [6.45, 7) is 6.18. The second-order valence-corrected chi connectivity index (χ2v) is 6.81. The van der Waals surface area contributed by atoms with Gasteiger partial charge in [0.15, 0.2) is 18.1 Å². The van der Waals surface area contributed by atoms with Gasteiger partial charge < -0.3 is 20.0 Å². The molecule has 0 saturated carbocycles. The molecule has 2 rings (SSSR count). The highest BCUT2D eigenvalue weighted by atomic mass is 127. The number of anilines is 1. The summed E-state index contributed by atoms with van der Waals surface area (Å²) >= 11 is 2.09. The first-order chi connectivity index (χ1) is 12.4. The first-order valence-electron chi connectivity index (χ1n) is 8.08. The molecule has 2 aromatic carbocycles. The number of amides is 1. The van der Waals surface area contributed by atoms with E-state index in [0.29, 0.717) is 23.7 Å². The average molecular weight is 468 g/mol. The molecule has 0 spiro atoms. The molecule has 0 aliphatic carbocycles. The van der Waals surface area contributed by atoms with Crippen LogP contribution >= 0.6 is 22.6 Å². The van der Waals surface area contributed by atoms with E-state index in [9.17, 15) is 4.79 Å². The van der Waals surface area contributed by atoms with Gasteiger partial charge in [-0.3, -0.25) is 4.79 Å². The van der Waals surface area contributed by atoms with Crippen LogP contribution in [0.4, 0.5) is 5.69 Å². The largest absolute Gasteiger partial charge is 0.490 e. The fraction of sp³-hybridized carbons (Fsp3) is 0.263. The Labute approximate surface area is 166 Å². The van der Waals surface area contributed by atoms with E-state index in [-0.39, 0.29) is 12.5 Å². The number of carbonyl (C=O) groups excluding carboxylic acids is 1. The maximum atomic E-state index is 12.2. The van der Waals surface area contributed by atoms with Gasteiger partial charge in [-0.2, -0.15) is 0 Å². The molecule has 0 aliphatic heterocycles. The topological polar surface area (TPSA) is 80.2 Å². The maximum Gasteiger partial charge on any atom is 0.262 e. The Hall–Kier alpha value is -2.29. The predicted molar refractivity (Wildman–Crippen MR) is 110 cm³/mol. The minimum atomic E-state index is -0.257. The zero-order chi connectivity index (χ0) is 19.1. The molecule has 0 fully saturated rings. The number of benzene rings is 2. The second-order valence-electron chi connectivity index (χ2n) is 5.64. The van der Waals surface area contributed by atoms with Crippen molar-refractivity contribution in [2.24, 2.45) is 5.16 Å². The van der Waals surface area contributed by atoms with Crippen LogP contribution in [0.3, 0.4) is 0 Å². The van der Waals surface area contributed by atoms with Gasteiger partial charge in [0.2, 0.25) is 0 Å². The van der Waals surface area contributed by atoms with E-state index >= 15 is 0 Å². The third kappa shape index (κ3) is 5.35. The summed E-state index contributed by atoms with van der Waals surface area (Å²) in [4.78, 5) is 12.2. The van der Waals surface area contributed by atoms with E-state index in [4.69, 9.17) is 14.7 Å². The van der Waals surface area contributed by atoms with Crippen LogP contribution in [0.1, 0.15) is 23.6 Å². The highest BCUT2D eigenvalue weighted by Crippen LogP contribution is 2.34. The molecule has 0 saturated heterocycles. The van der Waals surface area contributed by atoms with Gasteiger partial charge >= 0.3 is 0 Å². The van der Waals surface area contributed by atoms with Crippen molar-refractivity contribution in [3.8, 4) is 11.5 Å². The van der Waals surface area contributed by atoms with Crippen molar-refractivity contribution in [3.63, 3.8) is 0 Å². The summed E-state index contributed by atoms with van der Waals surface area (Å²) in [6, 6.07) is 9.22. The third-order valence-corrected chi connectivity index (χ3v) is 4.48.